The lowest BCUT2D eigenvalue weighted by molar-refractivity contribution is -0.117. The van der Waals surface area contributed by atoms with Crippen molar-refractivity contribution in [3.8, 4) is 0 Å². The van der Waals surface area contributed by atoms with E-state index in [0.29, 0.717) is 0 Å². The van der Waals surface area contributed by atoms with E-state index in [-0.39, 0.29) is 16.9 Å². The van der Waals surface area contributed by atoms with Crippen LogP contribution in [0, 0.1) is 5.41 Å². The summed E-state index contributed by atoms with van der Waals surface area (Å²) in [5, 5.41) is 3.07. The van der Waals surface area contributed by atoms with Gasteiger partial charge in [-0.1, -0.05) is 50.8 Å². The fourth-order valence-corrected chi connectivity index (χ4v) is 2.38. The van der Waals surface area contributed by atoms with Crippen molar-refractivity contribution in [1.29, 1.82) is 0 Å². The van der Waals surface area contributed by atoms with Gasteiger partial charge in [-0.25, -0.2) is 0 Å². The van der Waals surface area contributed by atoms with Crippen molar-refractivity contribution in [2.24, 2.45) is 5.41 Å². The molecule has 16 heavy (non-hydrogen) atoms. The highest BCUT2D eigenvalue weighted by atomic mass is 16.1. The van der Waals surface area contributed by atoms with Crippen LogP contribution in [-0.2, 0) is 10.3 Å². The number of carbonyl (C=O) groups is 1. The van der Waals surface area contributed by atoms with Crippen LogP contribution in [0.4, 0.5) is 0 Å². The number of hydrogen-bond acceptors (Lipinski definition) is 1. The van der Waals surface area contributed by atoms with Gasteiger partial charge in [0, 0.05) is 0 Å². The Balaban J connectivity index is 2.33. The molecular formula is C14H17NO. The number of hydrogen-bond donors (Lipinski definition) is 1. The van der Waals surface area contributed by atoms with E-state index in [1.54, 1.807) is 0 Å². The van der Waals surface area contributed by atoms with Crippen LogP contribution in [0.15, 0.2) is 43.0 Å². The highest BCUT2D eigenvalue weighted by molar-refractivity contribution is 5.88. The Bertz CT molecular complexity index is 422. The topological polar surface area (TPSA) is 29.1 Å². The molecule has 2 heteroatoms. The van der Waals surface area contributed by atoms with Crippen LogP contribution in [0.3, 0.4) is 0 Å². The molecule has 1 aliphatic carbocycles. The van der Waals surface area contributed by atoms with Gasteiger partial charge in [0.25, 0.3) is 0 Å². The average Bonchev–Trinajstić information content (AvgIpc) is 2.83. The van der Waals surface area contributed by atoms with Crippen LogP contribution in [0.25, 0.3) is 0 Å². The maximum atomic E-state index is 11.5. The molecule has 1 unspecified atom stereocenters. The largest absolute Gasteiger partial charge is 0.342 e. The first kappa shape index (κ1) is 10.9. The molecule has 0 aliphatic heterocycles. The first-order chi connectivity index (χ1) is 7.52. The summed E-state index contributed by atoms with van der Waals surface area (Å²) in [7, 11) is 0. The monoisotopic (exact) mass is 215 g/mol. The third-order valence-electron chi connectivity index (χ3n) is 3.53. The van der Waals surface area contributed by atoms with Gasteiger partial charge in [-0.05, 0) is 23.5 Å². The summed E-state index contributed by atoms with van der Waals surface area (Å²) in [6, 6.07) is 10.1. The normalized spacial score (nSPS) is 25.9. The molecule has 1 atom stereocenters. The lowest BCUT2D eigenvalue weighted by Crippen LogP contribution is -2.37. The van der Waals surface area contributed by atoms with E-state index in [1.807, 2.05) is 18.2 Å². The predicted molar refractivity (Wildman–Crippen MR) is 64.9 cm³/mol. The van der Waals surface area contributed by atoms with Crippen molar-refractivity contribution in [3.63, 3.8) is 0 Å². The molecule has 0 heterocycles. The minimum absolute atomic E-state index is 0.102. The van der Waals surface area contributed by atoms with Gasteiger partial charge in [0.15, 0.2) is 0 Å². The van der Waals surface area contributed by atoms with Crippen molar-refractivity contribution in [3.05, 3.63) is 48.6 Å². The molecule has 0 saturated heterocycles. The standard InChI is InChI=1S/C14H17NO/c1-4-12(16)15-14(10-13(14,2)3)11-8-6-5-7-9-11/h4-9H,1,10H2,2-3H3,(H,15,16). The highest BCUT2D eigenvalue weighted by Crippen LogP contribution is 2.62. The zero-order valence-electron chi connectivity index (χ0n) is 9.79. The Kier molecular flexibility index (Phi) is 2.38. The van der Waals surface area contributed by atoms with Gasteiger partial charge in [0.1, 0.15) is 0 Å². The SMILES string of the molecule is C=CC(=O)NC1(c2ccccc2)CC1(C)C. The summed E-state index contributed by atoms with van der Waals surface area (Å²) in [5.74, 6) is -0.102. The van der Waals surface area contributed by atoms with E-state index in [0.717, 1.165) is 6.42 Å². The smallest absolute Gasteiger partial charge is 0.244 e. The second-order valence-electron chi connectivity index (χ2n) is 5.03. The van der Waals surface area contributed by atoms with Crippen molar-refractivity contribution in [2.75, 3.05) is 0 Å². The molecule has 1 amide bonds. The molecule has 0 bridgehead atoms. The molecule has 1 N–H and O–H groups in total. The molecule has 1 aromatic carbocycles. The Morgan fingerprint density at radius 1 is 1.38 bits per heavy atom. The van der Waals surface area contributed by atoms with Crippen LogP contribution in [0.2, 0.25) is 0 Å². The molecule has 84 valence electrons. The predicted octanol–water partition coefficient (Wildman–Crippen LogP) is 2.61. The first-order valence-electron chi connectivity index (χ1n) is 5.52. The van der Waals surface area contributed by atoms with Crippen molar-refractivity contribution in [1.82, 2.24) is 5.32 Å². The Labute approximate surface area is 96.4 Å². The van der Waals surface area contributed by atoms with Gasteiger partial charge in [-0.2, -0.15) is 0 Å². The van der Waals surface area contributed by atoms with Crippen molar-refractivity contribution >= 4 is 5.91 Å². The molecule has 1 aliphatic rings. The van der Waals surface area contributed by atoms with Crippen LogP contribution in [0.1, 0.15) is 25.8 Å². The highest BCUT2D eigenvalue weighted by Gasteiger charge is 2.62. The van der Waals surface area contributed by atoms with Crippen LogP contribution in [-0.4, -0.2) is 5.91 Å². The van der Waals surface area contributed by atoms with Gasteiger partial charge in [0.2, 0.25) is 5.91 Å². The van der Waals surface area contributed by atoms with E-state index >= 15 is 0 Å². The lowest BCUT2D eigenvalue weighted by atomic mass is 9.96. The fraction of sp³-hybridized carbons (Fsp3) is 0.357. The number of amides is 1. The quantitative estimate of drug-likeness (QED) is 0.771. The van der Waals surface area contributed by atoms with E-state index in [1.165, 1.54) is 11.6 Å². The van der Waals surface area contributed by atoms with E-state index < -0.39 is 0 Å². The molecular weight excluding hydrogens is 198 g/mol. The molecule has 1 saturated carbocycles. The summed E-state index contributed by atoms with van der Waals surface area (Å²) >= 11 is 0. The minimum Gasteiger partial charge on any atom is -0.342 e. The summed E-state index contributed by atoms with van der Waals surface area (Å²) < 4.78 is 0. The number of benzene rings is 1. The van der Waals surface area contributed by atoms with Crippen molar-refractivity contribution in [2.45, 2.75) is 25.8 Å². The second-order valence-corrected chi connectivity index (χ2v) is 5.03. The average molecular weight is 215 g/mol. The Morgan fingerprint density at radius 3 is 2.38 bits per heavy atom. The summed E-state index contributed by atoms with van der Waals surface area (Å²) in [6.45, 7) is 7.84. The molecule has 0 spiro atoms. The molecule has 1 fully saturated rings. The van der Waals surface area contributed by atoms with Gasteiger partial charge in [-0.3, -0.25) is 4.79 Å². The molecule has 0 radical (unpaired) electrons. The fourth-order valence-electron chi connectivity index (χ4n) is 2.38. The van der Waals surface area contributed by atoms with Crippen LogP contribution in [0.5, 0.6) is 0 Å². The number of nitrogens with one attached hydrogen (secondary N) is 1. The van der Waals surface area contributed by atoms with Gasteiger partial charge < -0.3 is 5.32 Å². The van der Waals surface area contributed by atoms with Gasteiger partial charge in [-0.15, -0.1) is 0 Å². The minimum atomic E-state index is -0.209. The van der Waals surface area contributed by atoms with E-state index in [4.69, 9.17) is 0 Å². The van der Waals surface area contributed by atoms with Crippen LogP contribution >= 0.6 is 0 Å². The third-order valence-corrected chi connectivity index (χ3v) is 3.53. The molecule has 2 nitrogen and oxygen atoms in total. The Hall–Kier alpha value is -1.57. The summed E-state index contributed by atoms with van der Waals surface area (Å²) in [5.41, 5.74) is 1.09. The zero-order valence-corrected chi connectivity index (χ0v) is 9.79. The zero-order chi connectivity index (χ0) is 11.8. The number of carbonyl (C=O) groups excluding carboxylic acids is 1. The van der Waals surface area contributed by atoms with Gasteiger partial charge >= 0.3 is 0 Å². The first-order valence-corrected chi connectivity index (χ1v) is 5.52. The van der Waals surface area contributed by atoms with E-state index in [9.17, 15) is 4.79 Å². The Morgan fingerprint density at radius 2 is 1.94 bits per heavy atom. The van der Waals surface area contributed by atoms with Gasteiger partial charge in [0.05, 0.1) is 5.54 Å². The maximum absolute atomic E-state index is 11.5. The molecule has 2 rings (SSSR count). The second kappa shape index (κ2) is 3.48. The molecule has 0 aromatic heterocycles. The van der Waals surface area contributed by atoms with Crippen LogP contribution < -0.4 is 5.32 Å². The lowest BCUT2D eigenvalue weighted by Gasteiger charge is -2.22. The van der Waals surface area contributed by atoms with Crippen molar-refractivity contribution < 1.29 is 4.79 Å². The summed E-state index contributed by atoms with van der Waals surface area (Å²) in [6.07, 6.45) is 2.31. The molecule has 1 aromatic rings. The summed E-state index contributed by atoms with van der Waals surface area (Å²) in [4.78, 5) is 11.5. The maximum Gasteiger partial charge on any atom is 0.244 e. The van der Waals surface area contributed by atoms with E-state index in [2.05, 4.69) is 37.9 Å². The number of rotatable bonds is 3. The third kappa shape index (κ3) is 1.54.